The summed E-state index contributed by atoms with van der Waals surface area (Å²) in [5.74, 6) is 0.937. The number of nitrogens with two attached hydrogens (primary N) is 1. The van der Waals surface area contributed by atoms with Gasteiger partial charge in [-0.05, 0) is 18.0 Å². The minimum Gasteiger partial charge on any atom is -0.357 e. The van der Waals surface area contributed by atoms with Gasteiger partial charge in [-0.3, -0.25) is 0 Å². The molecule has 17 heavy (non-hydrogen) atoms. The highest BCUT2D eigenvalue weighted by molar-refractivity contribution is 5.67. The van der Waals surface area contributed by atoms with E-state index in [0.717, 1.165) is 17.9 Å². The number of hydrogen-bond acceptors (Lipinski definition) is 4. The number of anilines is 1. The van der Waals surface area contributed by atoms with Gasteiger partial charge >= 0.3 is 0 Å². The molecule has 0 amide bonds. The van der Waals surface area contributed by atoms with Crippen LogP contribution < -0.4 is 10.6 Å². The first-order chi connectivity index (χ1) is 8.03. The highest BCUT2D eigenvalue weighted by atomic mass is 15.3. The Kier molecular flexibility index (Phi) is 3.02. The SMILES string of the molecule is CN(CC(C)(C)CN)c1nccn2nccc12. The standard InChI is InChI=1S/C12H19N5/c1-12(2,8-13)9-16(3)11-10-4-5-15-17(10)7-6-14-11/h4-7H,8-9,13H2,1-3H3. The lowest BCUT2D eigenvalue weighted by molar-refractivity contribution is 0.384. The summed E-state index contributed by atoms with van der Waals surface area (Å²) in [7, 11) is 2.03. The molecule has 2 aromatic heterocycles. The topological polar surface area (TPSA) is 59.5 Å². The summed E-state index contributed by atoms with van der Waals surface area (Å²) >= 11 is 0. The van der Waals surface area contributed by atoms with Crippen molar-refractivity contribution in [3.8, 4) is 0 Å². The van der Waals surface area contributed by atoms with Crippen LogP contribution in [0.1, 0.15) is 13.8 Å². The van der Waals surface area contributed by atoms with Crippen LogP contribution in [-0.4, -0.2) is 34.7 Å². The van der Waals surface area contributed by atoms with Crippen molar-refractivity contribution < 1.29 is 0 Å². The zero-order valence-electron chi connectivity index (χ0n) is 10.6. The van der Waals surface area contributed by atoms with Gasteiger partial charge in [0.25, 0.3) is 0 Å². The predicted octanol–water partition coefficient (Wildman–Crippen LogP) is 1.15. The number of nitrogens with zero attached hydrogens (tertiary/aromatic N) is 4. The molecule has 2 N–H and O–H groups in total. The first-order valence-corrected chi connectivity index (χ1v) is 5.73. The minimum absolute atomic E-state index is 0.0727. The highest BCUT2D eigenvalue weighted by Crippen LogP contribution is 2.21. The third-order valence-electron chi connectivity index (χ3n) is 2.88. The minimum atomic E-state index is 0.0727. The van der Waals surface area contributed by atoms with E-state index in [1.165, 1.54) is 0 Å². The van der Waals surface area contributed by atoms with Gasteiger partial charge in [0.05, 0.1) is 6.20 Å². The molecule has 0 aliphatic carbocycles. The van der Waals surface area contributed by atoms with Crippen LogP contribution >= 0.6 is 0 Å². The van der Waals surface area contributed by atoms with Crippen LogP contribution in [0.2, 0.25) is 0 Å². The van der Waals surface area contributed by atoms with E-state index in [9.17, 15) is 0 Å². The number of rotatable bonds is 4. The van der Waals surface area contributed by atoms with Gasteiger partial charge in [0.1, 0.15) is 5.52 Å². The van der Waals surface area contributed by atoms with E-state index >= 15 is 0 Å². The lowest BCUT2D eigenvalue weighted by Gasteiger charge is -2.29. The summed E-state index contributed by atoms with van der Waals surface area (Å²) in [6.07, 6.45) is 5.39. The maximum absolute atomic E-state index is 5.76. The summed E-state index contributed by atoms with van der Waals surface area (Å²) in [5, 5.41) is 4.20. The van der Waals surface area contributed by atoms with Crippen molar-refractivity contribution in [2.75, 3.05) is 25.0 Å². The molecule has 0 aliphatic heterocycles. The molecule has 2 aromatic rings. The smallest absolute Gasteiger partial charge is 0.154 e. The van der Waals surface area contributed by atoms with E-state index in [1.807, 2.05) is 23.8 Å². The summed E-state index contributed by atoms with van der Waals surface area (Å²) in [6.45, 7) is 5.82. The molecular weight excluding hydrogens is 214 g/mol. The Morgan fingerprint density at radius 1 is 1.41 bits per heavy atom. The molecule has 0 bridgehead atoms. The van der Waals surface area contributed by atoms with E-state index in [1.54, 1.807) is 12.4 Å². The van der Waals surface area contributed by atoms with Gasteiger partial charge in [-0.25, -0.2) is 9.50 Å². The van der Waals surface area contributed by atoms with Crippen molar-refractivity contribution in [3.63, 3.8) is 0 Å². The van der Waals surface area contributed by atoms with Crippen LogP contribution in [0.4, 0.5) is 5.82 Å². The van der Waals surface area contributed by atoms with Crippen molar-refractivity contribution in [1.29, 1.82) is 0 Å². The highest BCUT2D eigenvalue weighted by Gasteiger charge is 2.20. The van der Waals surface area contributed by atoms with Crippen LogP contribution in [0, 0.1) is 5.41 Å². The van der Waals surface area contributed by atoms with Crippen LogP contribution in [0.3, 0.4) is 0 Å². The average molecular weight is 233 g/mol. The molecule has 2 rings (SSSR count). The summed E-state index contributed by atoms with van der Waals surface area (Å²) in [4.78, 5) is 6.55. The normalized spacial score (nSPS) is 12.0. The lowest BCUT2D eigenvalue weighted by atomic mass is 9.93. The van der Waals surface area contributed by atoms with E-state index in [0.29, 0.717) is 6.54 Å². The second-order valence-corrected chi connectivity index (χ2v) is 5.14. The fourth-order valence-electron chi connectivity index (χ4n) is 1.92. The van der Waals surface area contributed by atoms with Crippen molar-refractivity contribution in [3.05, 3.63) is 24.7 Å². The van der Waals surface area contributed by atoms with Gasteiger partial charge in [0, 0.05) is 26.0 Å². The van der Waals surface area contributed by atoms with Crippen molar-refractivity contribution in [2.45, 2.75) is 13.8 Å². The molecule has 0 radical (unpaired) electrons. The van der Waals surface area contributed by atoms with Crippen LogP contribution in [0.5, 0.6) is 0 Å². The van der Waals surface area contributed by atoms with Gasteiger partial charge < -0.3 is 10.6 Å². The predicted molar refractivity (Wildman–Crippen MR) is 69.1 cm³/mol. The molecule has 0 spiro atoms. The molecular formula is C12H19N5. The molecule has 0 saturated carbocycles. The Hall–Kier alpha value is -1.62. The molecule has 5 nitrogen and oxygen atoms in total. The second-order valence-electron chi connectivity index (χ2n) is 5.14. The largest absolute Gasteiger partial charge is 0.357 e. The van der Waals surface area contributed by atoms with Gasteiger partial charge in [-0.1, -0.05) is 13.8 Å². The first kappa shape index (κ1) is 11.9. The van der Waals surface area contributed by atoms with Gasteiger partial charge in [0.15, 0.2) is 5.82 Å². The average Bonchev–Trinajstić information content (AvgIpc) is 2.76. The molecule has 5 heteroatoms. The fourth-order valence-corrected chi connectivity index (χ4v) is 1.92. The molecule has 0 aliphatic rings. The summed E-state index contributed by atoms with van der Waals surface area (Å²) in [5.41, 5.74) is 6.85. The van der Waals surface area contributed by atoms with Crippen LogP contribution in [-0.2, 0) is 0 Å². The molecule has 0 unspecified atom stereocenters. The Balaban J connectivity index is 2.30. The van der Waals surface area contributed by atoms with Crippen molar-refractivity contribution in [1.82, 2.24) is 14.6 Å². The third kappa shape index (κ3) is 2.39. The summed E-state index contributed by atoms with van der Waals surface area (Å²) in [6, 6.07) is 1.97. The van der Waals surface area contributed by atoms with Crippen molar-refractivity contribution >= 4 is 11.3 Å². The van der Waals surface area contributed by atoms with E-state index in [4.69, 9.17) is 5.73 Å². The Morgan fingerprint density at radius 2 is 2.18 bits per heavy atom. The molecule has 0 atom stereocenters. The van der Waals surface area contributed by atoms with Gasteiger partial charge in [-0.2, -0.15) is 5.10 Å². The number of fused-ring (bicyclic) bond motifs is 1. The first-order valence-electron chi connectivity index (χ1n) is 5.73. The van der Waals surface area contributed by atoms with Crippen LogP contribution in [0.15, 0.2) is 24.7 Å². The third-order valence-corrected chi connectivity index (χ3v) is 2.88. The second kappa shape index (κ2) is 4.33. The quantitative estimate of drug-likeness (QED) is 0.860. The lowest BCUT2D eigenvalue weighted by Crippen LogP contribution is -2.37. The Labute approximate surface area is 101 Å². The molecule has 2 heterocycles. The van der Waals surface area contributed by atoms with E-state index < -0.39 is 0 Å². The Morgan fingerprint density at radius 3 is 2.88 bits per heavy atom. The maximum atomic E-state index is 5.76. The monoisotopic (exact) mass is 233 g/mol. The fraction of sp³-hybridized carbons (Fsp3) is 0.500. The zero-order chi connectivity index (χ0) is 12.5. The summed E-state index contributed by atoms with van der Waals surface area (Å²) < 4.78 is 1.83. The van der Waals surface area contributed by atoms with Gasteiger partial charge in [0.2, 0.25) is 0 Å². The van der Waals surface area contributed by atoms with E-state index in [-0.39, 0.29) is 5.41 Å². The zero-order valence-corrected chi connectivity index (χ0v) is 10.6. The molecule has 92 valence electrons. The molecule has 0 fully saturated rings. The van der Waals surface area contributed by atoms with E-state index in [2.05, 4.69) is 28.8 Å². The molecule has 0 saturated heterocycles. The van der Waals surface area contributed by atoms with Crippen molar-refractivity contribution in [2.24, 2.45) is 11.1 Å². The molecule has 0 aromatic carbocycles. The van der Waals surface area contributed by atoms with Crippen LogP contribution in [0.25, 0.3) is 5.52 Å². The maximum Gasteiger partial charge on any atom is 0.154 e. The van der Waals surface area contributed by atoms with Gasteiger partial charge in [-0.15, -0.1) is 0 Å². The number of aromatic nitrogens is 3. The number of hydrogen-bond donors (Lipinski definition) is 1. The Bertz CT molecular complexity index is 502.